The number of carbonyl (C=O) groups is 1. The topological polar surface area (TPSA) is 95.7 Å². The number of methoxy groups -OCH3 is 1. The lowest BCUT2D eigenvalue weighted by atomic mass is 10.1. The van der Waals surface area contributed by atoms with Crippen LogP contribution in [0.1, 0.15) is 21.5 Å². The predicted octanol–water partition coefficient (Wildman–Crippen LogP) is 2.72. The molecule has 0 heterocycles. The van der Waals surface area contributed by atoms with E-state index in [1.165, 1.54) is 37.4 Å². The zero-order valence-corrected chi connectivity index (χ0v) is 14.2. The predicted molar refractivity (Wildman–Crippen MR) is 84.9 cm³/mol. The van der Waals surface area contributed by atoms with Crippen molar-refractivity contribution in [3.05, 3.63) is 59.2 Å². The second-order valence-electron chi connectivity index (χ2n) is 5.14. The standard InChI is InChI=1S/C16H14F3NO5S/c1-24-13-7-6-10(8-14(13)26(20,22)23)15(21)25-9-11-4-2-3-5-12(11)16(17,18)19/h2-8H,9H2,1H3,(H2,20,22,23). The number of hydrogen-bond donors (Lipinski definition) is 1. The van der Waals surface area contributed by atoms with E-state index in [9.17, 15) is 26.4 Å². The van der Waals surface area contributed by atoms with E-state index in [2.05, 4.69) is 0 Å². The van der Waals surface area contributed by atoms with Gasteiger partial charge in [0.1, 0.15) is 17.3 Å². The van der Waals surface area contributed by atoms with E-state index < -0.39 is 39.2 Å². The van der Waals surface area contributed by atoms with Gasteiger partial charge in [-0.1, -0.05) is 18.2 Å². The Hall–Kier alpha value is -2.59. The molecular formula is C16H14F3NO5S. The highest BCUT2D eigenvalue weighted by atomic mass is 32.2. The maximum atomic E-state index is 12.9. The molecule has 0 amide bonds. The molecule has 2 N–H and O–H groups in total. The number of benzene rings is 2. The van der Waals surface area contributed by atoms with Gasteiger partial charge in [-0.05, 0) is 24.3 Å². The van der Waals surface area contributed by atoms with Crippen molar-refractivity contribution in [2.45, 2.75) is 17.7 Å². The van der Waals surface area contributed by atoms with Gasteiger partial charge in [-0.15, -0.1) is 0 Å². The minimum absolute atomic E-state index is 0.0773. The first-order chi connectivity index (χ1) is 12.0. The molecule has 0 saturated heterocycles. The Morgan fingerprint density at radius 3 is 2.38 bits per heavy atom. The number of halogens is 3. The maximum absolute atomic E-state index is 12.9. The van der Waals surface area contributed by atoms with Crippen molar-refractivity contribution in [2.24, 2.45) is 5.14 Å². The smallest absolute Gasteiger partial charge is 0.416 e. The van der Waals surface area contributed by atoms with Crippen LogP contribution >= 0.6 is 0 Å². The molecule has 140 valence electrons. The summed E-state index contributed by atoms with van der Waals surface area (Å²) in [4.78, 5) is 11.6. The Kier molecular flexibility index (Phi) is 5.57. The Morgan fingerprint density at radius 2 is 1.81 bits per heavy atom. The van der Waals surface area contributed by atoms with Crippen molar-refractivity contribution in [1.82, 2.24) is 0 Å². The fraction of sp³-hybridized carbons (Fsp3) is 0.188. The zero-order chi connectivity index (χ0) is 19.5. The van der Waals surface area contributed by atoms with E-state index in [1.807, 2.05) is 0 Å². The summed E-state index contributed by atoms with van der Waals surface area (Å²) in [5.74, 6) is -1.08. The summed E-state index contributed by atoms with van der Waals surface area (Å²) in [5, 5.41) is 5.05. The van der Waals surface area contributed by atoms with Crippen LogP contribution in [0.2, 0.25) is 0 Å². The van der Waals surface area contributed by atoms with E-state index in [-0.39, 0.29) is 16.9 Å². The molecule has 10 heteroatoms. The number of sulfonamides is 1. The lowest BCUT2D eigenvalue weighted by molar-refractivity contribution is -0.138. The Balaban J connectivity index is 2.25. The molecule has 2 rings (SSSR count). The molecular weight excluding hydrogens is 375 g/mol. The van der Waals surface area contributed by atoms with Crippen molar-refractivity contribution in [2.75, 3.05) is 7.11 Å². The Bertz CT molecular complexity index is 926. The highest BCUT2D eigenvalue weighted by Crippen LogP contribution is 2.32. The zero-order valence-electron chi connectivity index (χ0n) is 13.4. The van der Waals surface area contributed by atoms with Crippen molar-refractivity contribution in [3.63, 3.8) is 0 Å². The second-order valence-corrected chi connectivity index (χ2v) is 6.67. The molecule has 0 unspecified atom stereocenters. The minimum atomic E-state index is -4.59. The molecule has 0 spiro atoms. The van der Waals surface area contributed by atoms with Crippen LogP contribution in [-0.4, -0.2) is 21.5 Å². The van der Waals surface area contributed by atoms with Crippen molar-refractivity contribution in [1.29, 1.82) is 0 Å². The van der Waals surface area contributed by atoms with Crippen LogP contribution in [0.4, 0.5) is 13.2 Å². The van der Waals surface area contributed by atoms with Crippen LogP contribution in [0.15, 0.2) is 47.4 Å². The van der Waals surface area contributed by atoms with Crippen molar-refractivity contribution < 1.29 is 35.9 Å². The van der Waals surface area contributed by atoms with Crippen LogP contribution in [-0.2, 0) is 27.5 Å². The summed E-state index contributed by atoms with van der Waals surface area (Å²) in [6, 6.07) is 7.99. The molecule has 0 aliphatic carbocycles. The van der Waals surface area contributed by atoms with Crippen LogP contribution in [0.5, 0.6) is 5.75 Å². The molecule has 26 heavy (non-hydrogen) atoms. The molecule has 0 aliphatic rings. The number of nitrogens with two attached hydrogens (primary N) is 1. The maximum Gasteiger partial charge on any atom is 0.416 e. The molecule has 0 aliphatic heterocycles. The fourth-order valence-electron chi connectivity index (χ4n) is 2.18. The number of alkyl halides is 3. The Labute approximate surface area is 147 Å². The number of esters is 1. The van der Waals surface area contributed by atoms with E-state index >= 15 is 0 Å². The third-order valence-electron chi connectivity index (χ3n) is 3.39. The van der Waals surface area contributed by atoms with Gasteiger partial charge in [0.15, 0.2) is 0 Å². The lowest BCUT2D eigenvalue weighted by Gasteiger charge is -2.13. The van der Waals surface area contributed by atoms with E-state index in [0.717, 1.165) is 12.1 Å². The first-order valence-corrected chi connectivity index (χ1v) is 8.61. The van der Waals surface area contributed by atoms with Gasteiger partial charge in [-0.2, -0.15) is 13.2 Å². The van der Waals surface area contributed by atoms with Gasteiger partial charge in [0, 0.05) is 5.56 Å². The van der Waals surface area contributed by atoms with Gasteiger partial charge < -0.3 is 9.47 Å². The third kappa shape index (κ3) is 4.52. The summed E-state index contributed by atoms with van der Waals surface area (Å²) < 4.78 is 71.6. The number of primary sulfonamides is 1. The highest BCUT2D eigenvalue weighted by molar-refractivity contribution is 7.89. The van der Waals surface area contributed by atoms with Gasteiger partial charge in [-0.25, -0.2) is 18.4 Å². The van der Waals surface area contributed by atoms with Gasteiger partial charge in [-0.3, -0.25) is 0 Å². The normalized spacial score (nSPS) is 11.9. The quantitative estimate of drug-likeness (QED) is 0.794. The molecule has 2 aromatic carbocycles. The molecule has 0 atom stereocenters. The minimum Gasteiger partial charge on any atom is -0.495 e. The average molecular weight is 389 g/mol. The third-order valence-corrected chi connectivity index (χ3v) is 4.32. The SMILES string of the molecule is COc1ccc(C(=O)OCc2ccccc2C(F)(F)F)cc1S(N)(=O)=O. The van der Waals surface area contributed by atoms with E-state index in [0.29, 0.717) is 0 Å². The van der Waals surface area contributed by atoms with Crippen molar-refractivity contribution in [3.8, 4) is 5.75 Å². The fourth-order valence-corrected chi connectivity index (χ4v) is 2.90. The molecule has 6 nitrogen and oxygen atoms in total. The molecule has 0 radical (unpaired) electrons. The lowest BCUT2D eigenvalue weighted by Crippen LogP contribution is -2.15. The molecule has 0 aromatic heterocycles. The first kappa shape index (κ1) is 19.7. The number of rotatable bonds is 5. The summed E-state index contributed by atoms with van der Waals surface area (Å²) in [6.45, 7) is -0.634. The molecule has 0 saturated carbocycles. The van der Waals surface area contributed by atoms with Gasteiger partial charge in [0.25, 0.3) is 0 Å². The Morgan fingerprint density at radius 1 is 1.15 bits per heavy atom. The van der Waals surface area contributed by atoms with Crippen LogP contribution in [0.3, 0.4) is 0 Å². The highest BCUT2D eigenvalue weighted by Gasteiger charge is 2.33. The van der Waals surface area contributed by atoms with Crippen LogP contribution in [0, 0.1) is 0 Å². The van der Waals surface area contributed by atoms with Crippen LogP contribution < -0.4 is 9.88 Å². The number of hydrogen-bond acceptors (Lipinski definition) is 5. The van der Waals surface area contributed by atoms with Gasteiger partial charge in [0.05, 0.1) is 18.2 Å². The molecule has 2 aromatic rings. The van der Waals surface area contributed by atoms with Gasteiger partial charge in [0.2, 0.25) is 10.0 Å². The number of carbonyl (C=O) groups excluding carboxylic acids is 1. The summed E-state index contributed by atoms with van der Waals surface area (Å²) in [5.41, 5.74) is -1.35. The summed E-state index contributed by atoms with van der Waals surface area (Å²) in [6.07, 6.45) is -4.59. The monoisotopic (exact) mass is 389 g/mol. The molecule has 0 bridgehead atoms. The second kappa shape index (κ2) is 7.34. The van der Waals surface area contributed by atoms with Crippen molar-refractivity contribution >= 4 is 16.0 Å². The average Bonchev–Trinajstić information content (AvgIpc) is 2.57. The first-order valence-electron chi connectivity index (χ1n) is 7.07. The van der Waals surface area contributed by atoms with E-state index in [1.54, 1.807) is 0 Å². The number of ether oxygens (including phenoxy) is 2. The van der Waals surface area contributed by atoms with E-state index in [4.69, 9.17) is 14.6 Å². The summed E-state index contributed by atoms with van der Waals surface area (Å²) in [7, 11) is -2.96. The van der Waals surface area contributed by atoms with Crippen LogP contribution in [0.25, 0.3) is 0 Å². The largest absolute Gasteiger partial charge is 0.495 e. The molecule has 0 fully saturated rings. The van der Waals surface area contributed by atoms with Gasteiger partial charge >= 0.3 is 12.1 Å². The summed E-state index contributed by atoms with van der Waals surface area (Å²) >= 11 is 0.